The third-order valence-electron chi connectivity index (χ3n) is 2.75. The van der Waals surface area contributed by atoms with Crippen LogP contribution in [0.3, 0.4) is 0 Å². The third-order valence-corrected chi connectivity index (χ3v) is 3.04. The van der Waals surface area contributed by atoms with Crippen LogP contribution in [-0.2, 0) is 12.4 Å². The highest BCUT2D eigenvalue weighted by molar-refractivity contribution is 7.71. The van der Waals surface area contributed by atoms with E-state index < -0.39 is 45.4 Å². The van der Waals surface area contributed by atoms with Crippen molar-refractivity contribution in [1.82, 2.24) is 9.55 Å². The molecule has 0 unspecified atom stereocenters. The fourth-order valence-corrected chi connectivity index (χ4v) is 2.10. The maximum Gasteiger partial charge on any atom is 0.416 e. The number of hydrogen-bond donors (Lipinski definition) is 2. The molecule has 1 aromatic heterocycles. The van der Waals surface area contributed by atoms with Crippen molar-refractivity contribution in [1.29, 1.82) is 0 Å². The fraction of sp³-hybridized carbons (Fsp3) is 0.143. The number of aromatic hydroxyl groups is 1. The second-order valence-electron chi connectivity index (χ2n) is 4.40. The molecule has 1 aromatic carbocycles. The van der Waals surface area contributed by atoms with Crippen LogP contribution < -0.4 is 5.56 Å². The summed E-state index contributed by atoms with van der Waals surface area (Å²) in [5.74, 6) is -0.897. The Morgan fingerprint density at radius 1 is 0.960 bits per heavy atom. The minimum absolute atomic E-state index is 0.0597. The molecule has 0 aliphatic rings. The molecule has 0 fully saturated rings. The quantitative estimate of drug-likeness (QED) is 0.434. The van der Waals surface area contributed by atoms with Crippen molar-refractivity contribution in [3.63, 3.8) is 0 Å². The molecule has 2 N–H and O–H groups in total. The second-order valence-corrected chi connectivity index (χ2v) is 4.78. The van der Waals surface area contributed by atoms with Gasteiger partial charge in [0.05, 0.1) is 22.9 Å². The summed E-state index contributed by atoms with van der Waals surface area (Å²) in [5, 5.41) is 9.63. The van der Waals surface area contributed by atoms with Gasteiger partial charge in [0, 0.05) is 0 Å². The van der Waals surface area contributed by atoms with E-state index in [0.717, 1.165) is 0 Å². The van der Waals surface area contributed by atoms with Gasteiger partial charge < -0.3 is 5.11 Å². The molecule has 0 aliphatic heterocycles. The molecule has 0 atom stereocenters. The SMILES string of the molecule is C=C.O=c1cc(O)n(-c2cc(C(F)(F)F)cc(C(F)(F)F)c2)c(=S)[nH]1. The van der Waals surface area contributed by atoms with E-state index >= 15 is 0 Å². The molecule has 25 heavy (non-hydrogen) atoms. The Kier molecular flexibility index (Phi) is 5.84. The van der Waals surface area contributed by atoms with Gasteiger partial charge in [-0.2, -0.15) is 26.3 Å². The first-order chi connectivity index (χ1) is 11.4. The molecule has 0 bridgehead atoms. The van der Waals surface area contributed by atoms with Crippen molar-refractivity contribution < 1.29 is 31.4 Å². The lowest BCUT2D eigenvalue weighted by Crippen LogP contribution is -2.15. The van der Waals surface area contributed by atoms with Gasteiger partial charge in [0.15, 0.2) is 4.77 Å². The van der Waals surface area contributed by atoms with Crippen LogP contribution in [0.1, 0.15) is 11.1 Å². The minimum atomic E-state index is -5.05. The van der Waals surface area contributed by atoms with Crippen LogP contribution in [0.25, 0.3) is 5.69 Å². The van der Waals surface area contributed by atoms with E-state index in [-0.39, 0.29) is 6.07 Å². The normalized spacial score (nSPS) is 11.6. The lowest BCUT2D eigenvalue weighted by Gasteiger charge is -2.16. The van der Waals surface area contributed by atoms with Crippen molar-refractivity contribution >= 4 is 12.2 Å². The Labute approximate surface area is 141 Å². The van der Waals surface area contributed by atoms with E-state index in [2.05, 4.69) is 25.4 Å². The van der Waals surface area contributed by atoms with Crippen LogP contribution >= 0.6 is 12.2 Å². The lowest BCUT2D eigenvalue weighted by atomic mass is 10.1. The highest BCUT2D eigenvalue weighted by Gasteiger charge is 2.37. The average molecular weight is 384 g/mol. The number of benzene rings is 1. The van der Waals surface area contributed by atoms with Gasteiger partial charge in [-0.15, -0.1) is 13.2 Å². The third kappa shape index (κ3) is 4.72. The Hall–Kier alpha value is -2.56. The van der Waals surface area contributed by atoms with E-state index in [1.165, 1.54) is 0 Å². The molecule has 0 aliphatic carbocycles. The van der Waals surface area contributed by atoms with Crippen LogP contribution in [0.15, 0.2) is 42.2 Å². The van der Waals surface area contributed by atoms with Gasteiger partial charge in [0.1, 0.15) is 0 Å². The zero-order valence-electron chi connectivity index (χ0n) is 12.2. The summed E-state index contributed by atoms with van der Waals surface area (Å²) < 4.78 is 76.7. The van der Waals surface area contributed by atoms with E-state index in [1.54, 1.807) is 0 Å². The minimum Gasteiger partial charge on any atom is -0.494 e. The highest BCUT2D eigenvalue weighted by Crippen LogP contribution is 2.37. The number of aromatic nitrogens is 2. The topological polar surface area (TPSA) is 58.0 Å². The van der Waals surface area contributed by atoms with Crippen molar-refractivity contribution in [2.75, 3.05) is 0 Å². The first-order valence-electron chi connectivity index (χ1n) is 6.25. The number of rotatable bonds is 1. The van der Waals surface area contributed by atoms with Gasteiger partial charge in [0.25, 0.3) is 5.56 Å². The zero-order chi connectivity index (χ0) is 19.6. The molecule has 0 saturated carbocycles. The zero-order valence-corrected chi connectivity index (χ0v) is 13.0. The molecule has 0 radical (unpaired) electrons. The number of halogens is 6. The van der Waals surface area contributed by atoms with Crippen LogP contribution in [0.5, 0.6) is 5.88 Å². The Morgan fingerprint density at radius 2 is 1.40 bits per heavy atom. The number of hydrogen-bond acceptors (Lipinski definition) is 3. The smallest absolute Gasteiger partial charge is 0.416 e. The summed E-state index contributed by atoms with van der Waals surface area (Å²) in [4.78, 5) is 13.1. The number of alkyl halides is 6. The predicted molar refractivity (Wildman–Crippen MR) is 80.1 cm³/mol. The summed E-state index contributed by atoms with van der Waals surface area (Å²) in [6, 6.07) is 1.27. The second kappa shape index (κ2) is 7.13. The van der Waals surface area contributed by atoms with E-state index in [4.69, 9.17) is 0 Å². The fourth-order valence-electron chi connectivity index (χ4n) is 1.80. The molecule has 0 amide bonds. The molecule has 0 saturated heterocycles. The summed E-state index contributed by atoms with van der Waals surface area (Å²) >= 11 is 4.67. The number of nitrogens with zero attached hydrogens (tertiary/aromatic N) is 1. The molecular weight excluding hydrogens is 374 g/mol. The highest BCUT2D eigenvalue weighted by atomic mass is 32.1. The number of H-pyrrole nitrogens is 1. The number of aromatic amines is 1. The Bertz CT molecular complexity index is 850. The van der Waals surface area contributed by atoms with Crippen molar-refractivity contribution in [3.8, 4) is 11.6 Å². The maximum atomic E-state index is 12.8. The van der Waals surface area contributed by atoms with Gasteiger partial charge in [0.2, 0.25) is 5.88 Å². The van der Waals surface area contributed by atoms with Crippen molar-refractivity contribution in [2.24, 2.45) is 0 Å². The molecule has 1 heterocycles. The van der Waals surface area contributed by atoms with Gasteiger partial charge in [-0.3, -0.25) is 14.3 Å². The van der Waals surface area contributed by atoms with Crippen LogP contribution in [0.2, 0.25) is 0 Å². The van der Waals surface area contributed by atoms with Crippen molar-refractivity contribution in [2.45, 2.75) is 12.4 Å². The lowest BCUT2D eigenvalue weighted by molar-refractivity contribution is -0.143. The molecule has 11 heteroatoms. The summed E-state index contributed by atoms with van der Waals surface area (Å²) in [5.41, 5.74) is -4.69. The molecule has 2 rings (SSSR count). The van der Waals surface area contributed by atoms with Gasteiger partial charge in [-0.05, 0) is 30.4 Å². The average Bonchev–Trinajstić information content (AvgIpc) is 2.46. The van der Waals surface area contributed by atoms with Gasteiger partial charge in [-0.1, -0.05) is 0 Å². The van der Waals surface area contributed by atoms with E-state index in [9.17, 15) is 36.2 Å². The van der Waals surface area contributed by atoms with Crippen LogP contribution in [-0.4, -0.2) is 14.7 Å². The molecular formula is C14H10F6N2O2S. The summed E-state index contributed by atoms with van der Waals surface area (Å²) in [6.45, 7) is 6.00. The molecule has 4 nitrogen and oxygen atoms in total. The first kappa shape index (κ1) is 20.5. The van der Waals surface area contributed by atoms with Crippen LogP contribution in [0, 0.1) is 4.77 Å². The largest absolute Gasteiger partial charge is 0.494 e. The first-order valence-corrected chi connectivity index (χ1v) is 6.65. The monoisotopic (exact) mass is 384 g/mol. The Balaban J connectivity index is 0.00000151. The van der Waals surface area contributed by atoms with Crippen molar-refractivity contribution in [3.05, 3.63) is 63.7 Å². The Morgan fingerprint density at radius 3 is 1.76 bits per heavy atom. The maximum absolute atomic E-state index is 12.8. The summed E-state index contributed by atoms with van der Waals surface area (Å²) in [6.07, 6.45) is -10.1. The molecule has 2 aromatic rings. The van der Waals surface area contributed by atoms with Gasteiger partial charge >= 0.3 is 12.4 Å². The van der Waals surface area contributed by atoms with E-state index in [0.29, 0.717) is 22.8 Å². The van der Waals surface area contributed by atoms with Gasteiger partial charge in [-0.25, -0.2) is 0 Å². The summed E-state index contributed by atoms with van der Waals surface area (Å²) in [7, 11) is 0. The predicted octanol–water partition coefficient (Wildman–Crippen LogP) is 4.44. The van der Waals surface area contributed by atoms with Crippen LogP contribution in [0.4, 0.5) is 26.3 Å². The molecule has 0 spiro atoms. The number of nitrogens with one attached hydrogen (secondary N) is 1. The standard InChI is InChI=1S/C12H6F6N2O2S.C2H4/c13-11(14,15)5-1-6(12(16,17)18)3-7(2-5)20-9(22)4-8(21)19-10(20)23;1-2/h1-4,22H,(H,19,21,23);1-2H2. The van der Waals surface area contributed by atoms with E-state index in [1.807, 2.05) is 4.98 Å². The molecule has 136 valence electrons.